The predicted octanol–water partition coefficient (Wildman–Crippen LogP) is 0.633. The molecule has 0 aliphatic heterocycles. The van der Waals surface area contributed by atoms with Gasteiger partial charge in [0.15, 0.2) is 0 Å². The second-order valence-corrected chi connectivity index (χ2v) is 0.283. The number of carbonyl (C=O) groups is 1. The zero-order valence-corrected chi connectivity index (χ0v) is 4.66. The van der Waals surface area contributed by atoms with Crippen LogP contribution in [0, 0.1) is 0 Å². The summed E-state index contributed by atoms with van der Waals surface area (Å²) >= 11 is 0. The van der Waals surface area contributed by atoms with Crippen molar-refractivity contribution in [3.63, 3.8) is 0 Å². The van der Waals surface area contributed by atoms with Gasteiger partial charge in [-0.05, 0) is 0 Å². The molecule has 4 heteroatoms. The Balaban J connectivity index is -0.0000000542. The van der Waals surface area contributed by atoms with Crippen LogP contribution in [0.3, 0.4) is 0 Å². The van der Waals surface area contributed by atoms with Crippen LogP contribution < -0.4 is 0 Å². The van der Waals surface area contributed by atoms with Crippen LogP contribution >= 0.6 is 0 Å². The molecule has 0 fully saturated rings. The average molecular weight is 122 g/mol. The molecule has 0 aromatic rings. The first-order valence-electron chi connectivity index (χ1n) is 1.60. The Labute approximate surface area is 47.7 Å². The van der Waals surface area contributed by atoms with E-state index < -0.39 is 6.16 Å². The highest BCUT2D eigenvalue weighted by molar-refractivity contribution is 5.53. The van der Waals surface area contributed by atoms with Gasteiger partial charge in [0.25, 0.3) is 0 Å². The zero-order valence-electron chi connectivity index (χ0n) is 4.66. The summed E-state index contributed by atoms with van der Waals surface area (Å²) < 4.78 is 0. The van der Waals surface area contributed by atoms with Crippen LogP contribution in [0.25, 0.3) is 0 Å². The molecule has 0 saturated carbocycles. The molecule has 0 atom stereocenters. The van der Waals surface area contributed by atoms with Crippen LogP contribution in [0.5, 0.6) is 0 Å². The average Bonchev–Trinajstić information content (AvgIpc) is 1.75. The molecule has 0 amide bonds. The Morgan fingerprint density at radius 3 is 1.25 bits per heavy atom. The summed E-state index contributed by atoms with van der Waals surface area (Å²) in [6.07, 6.45) is -1.83. The van der Waals surface area contributed by atoms with E-state index in [1.165, 1.54) is 0 Å². The molecule has 0 saturated heterocycles. The van der Waals surface area contributed by atoms with Gasteiger partial charge in [-0.2, -0.15) is 0 Å². The maximum atomic E-state index is 8.56. The molecule has 8 heavy (non-hydrogen) atoms. The maximum Gasteiger partial charge on any atom is 0.503 e. The lowest BCUT2D eigenvalue weighted by Crippen LogP contribution is -1.81. The van der Waals surface area contributed by atoms with Gasteiger partial charge in [0.2, 0.25) is 0 Å². The van der Waals surface area contributed by atoms with Gasteiger partial charge in [-0.25, -0.2) is 4.79 Å². The molecule has 0 aromatic carbocycles. The Bertz CT molecular complexity index is 39.3. The lowest BCUT2D eigenvalue weighted by Gasteiger charge is -1.60. The minimum absolute atomic E-state index is 1.00. The van der Waals surface area contributed by atoms with Crippen molar-refractivity contribution in [2.45, 2.75) is 0 Å². The van der Waals surface area contributed by atoms with E-state index in [1.807, 2.05) is 0 Å². The van der Waals surface area contributed by atoms with Crippen molar-refractivity contribution in [3.05, 3.63) is 13.2 Å². The van der Waals surface area contributed by atoms with Crippen molar-refractivity contribution >= 4 is 6.16 Å². The van der Waals surface area contributed by atoms with E-state index in [1.54, 1.807) is 0 Å². The predicted molar refractivity (Wildman–Crippen MR) is 30.1 cm³/mol. The summed E-state index contributed by atoms with van der Waals surface area (Å²) in [6, 6.07) is 0. The Morgan fingerprint density at radius 1 is 1.25 bits per heavy atom. The highest BCUT2D eigenvalue weighted by Gasteiger charge is 1.70. The zero-order chi connectivity index (χ0) is 7.58. The summed E-state index contributed by atoms with van der Waals surface area (Å²) in [4.78, 5) is 8.56. The first-order chi connectivity index (χ1) is 3.73. The van der Waals surface area contributed by atoms with Crippen molar-refractivity contribution in [2.24, 2.45) is 0 Å². The molecule has 0 bridgehead atoms. The highest BCUT2D eigenvalue weighted by Crippen LogP contribution is 1.42. The standard InChI is InChI=1S/C2H4.CH2O3.CH4O/c1-2;2-1(3)4;1-2/h1-2H2;(H2,2,3,4);2H,1H3. The second-order valence-electron chi connectivity index (χ2n) is 0.283. The smallest absolute Gasteiger partial charge is 0.450 e. The fourth-order valence-corrected chi connectivity index (χ4v) is 0. The molecule has 0 aliphatic rings. The van der Waals surface area contributed by atoms with Crippen molar-refractivity contribution in [2.75, 3.05) is 7.11 Å². The molecule has 50 valence electrons. The van der Waals surface area contributed by atoms with Gasteiger partial charge in [0.05, 0.1) is 0 Å². The molecular formula is C4H10O4. The topological polar surface area (TPSA) is 77.8 Å². The van der Waals surface area contributed by atoms with Gasteiger partial charge in [-0.15, -0.1) is 13.2 Å². The quantitative estimate of drug-likeness (QED) is 0.412. The number of hydrogen-bond acceptors (Lipinski definition) is 2. The van der Waals surface area contributed by atoms with Crippen LogP contribution in [-0.2, 0) is 0 Å². The number of hydrogen-bond donors (Lipinski definition) is 3. The fourth-order valence-electron chi connectivity index (χ4n) is 0. The third-order valence-corrected chi connectivity index (χ3v) is 0. The molecule has 0 unspecified atom stereocenters. The summed E-state index contributed by atoms with van der Waals surface area (Å²) in [5.74, 6) is 0. The van der Waals surface area contributed by atoms with E-state index in [9.17, 15) is 0 Å². The SMILES string of the molecule is C=C.CO.O=C(O)O. The minimum Gasteiger partial charge on any atom is -0.450 e. The van der Waals surface area contributed by atoms with Gasteiger partial charge >= 0.3 is 6.16 Å². The summed E-state index contributed by atoms with van der Waals surface area (Å²) in [5.41, 5.74) is 0. The van der Waals surface area contributed by atoms with Crippen molar-refractivity contribution in [1.82, 2.24) is 0 Å². The highest BCUT2D eigenvalue weighted by atomic mass is 16.6. The third kappa shape index (κ3) is 73.8. The number of carboxylic acid groups (broad SMARTS) is 2. The first-order valence-corrected chi connectivity index (χ1v) is 1.60. The Morgan fingerprint density at radius 2 is 1.25 bits per heavy atom. The molecule has 0 aliphatic carbocycles. The fraction of sp³-hybridized carbons (Fsp3) is 0.250. The Hall–Kier alpha value is -1.03. The van der Waals surface area contributed by atoms with Crippen LogP contribution in [-0.4, -0.2) is 28.6 Å². The maximum absolute atomic E-state index is 8.56. The Kier molecular flexibility index (Phi) is 74.9. The van der Waals surface area contributed by atoms with Gasteiger partial charge in [-0.3, -0.25) is 0 Å². The summed E-state index contributed by atoms with van der Waals surface area (Å²) in [5, 5.41) is 20.9. The lowest BCUT2D eigenvalue weighted by molar-refractivity contribution is 0.137. The van der Waals surface area contributed by atoms with Crippen LogP contribution in [0.4, 0.5) is 4.79 Å². The van der Waals surface area contributed by atoms with Gasteiger partial charge in [0, 0.05) is 7.11 Å². The molecule has 0 aromatic heterocycles. The van der Waals surface area contributed by atoms with Crippen LogP contribution in [0.15, 0.2) is 13.2 Å². The molecule has 4 nitrogen and oxygen atoms in total. The molecule has 3 N–H and O–H groups in total. The normalized spacial score (nSPS) is 4.25. The first kappa shape index (κ1) is 15.8. The number of aliphatic hydroxyl groups excluding tert-OH is 1. The van der Waals surface area contributed by atoms with Crippen molar-refractivity contribution in [1.29, 1.82) is 0 Å². The minimum atomic E-state index is -1.83. The van der Waals surface area contributed by atoms with Gasteiger partial charge in [0.1, 0.15) is 0 Å². The molecule has 0 heterocycles. The second kappa shape index (κ2) is 38.0. The molecule has 0 rings (SSSR count). The summed E-state index contributed by atoms with van der Waals surface area (Å²) in [6.45, 7) is 6.00. The monoisotopic (exact) mass is 122 g/mol. The molecule has 0 spiro atoms. The van der Waals surface area contributed by atoms with E-state index in [0.717, 1.165) is 7.11 Å². The van der Waals surface area contributed by atoms with Crippen LogP contribution in [0.2, 0.25) is 0 Å². The van der Waals surface area contributed by atoms with E-state index in [2.05, 4.69) is 13.2 Å². The van der Waals surface area contributed by atoms with Gasteiger partial charge < -0.3 is 15.3 Å². The largest absolute Gasteiger partial charge is 0.503 e. The van der Waals surface area contributed by atoms with Gasteiger partial charge in [-0.1, -0.05) is 0 Å². The van der Waals surface area contributed by atoms with E-state index >= 15 is 0 Å². The van der Waals surface area contributed by atoms with Crippen LogP contribution in [0.1, 0.15) is 0 Å². The molecular weight excluding hydrogens is 112 g/mol. The molecule has 0 radical (unpaired) electrons. The number of aliphatic hydroxyl groups is 1. The van der Waals surface area contributed by atoms with E-state index in [-0.39, 0.29) is 0 Å². The van der Waals surface area contributed by atoms with Crippen molar-refractivity contribution in [3.8, 4) is 0 Å². The lowest BCUT2D eigenvalue weighted by atomic mass is 11.3. The van der Waals surface area contributed by atoms with Crippen molar-refractivity contribution < 1.29 is 20.1 Å². The van der Waals surface area contributed by atoms with E-state index in [0.29, 0.717) is 0 Å². The van der Waals surface area contributed by atoms with E-state index in [4.69, 9.17) is 20.1 Å². The summed E-state index contributed by atoms with van der Waals surface area (Å²) in [7, 11) is 1.00. The number of rotatable bonds is 0. The third-order valence-electron chi connectivity index (χ3n) is 0.